The molecule has 0 saturated carbocycles. The van der Waals surface area contributed by atoms with Gasteiger partial charge < -0.3 is 14.4 Å². The Bertz CT molecular complexity index is 1160. The van der Waals surface area contributed by atoms with Crippen LogP contribution in [0.25, 0.3) is 0 Å². The lowest BCUT2D eigenvalue weighted by Gasteiger charge is -2.36. The predicted molar refractivity (Wildman–Crippen MR) is 127 cm³/mol. The van der Waals surface area contributed by atoms with E-state index in [2.05, 4.69) is 31.7 Å². The zero-order chi connectivity index (χ0) is 22.5. The molecule has 32 heavy (non-hydrogen) atoms. The van der Waals surface area contributed by atoms with Gasteiger partial charge in [0.1, 0.15) is 11.5 Å². The number of benzene rings is 3. The second-order valence-corrected chi connectivity index (χ2v) is 9.18. The van der Waals surface area contributed by atoms with E-state index in [1.165, 1.54) is 0 Å². The Kier molecular flexibility index (Phi) is 5.13. The maximum atomic E-state index is 13.2. The van der Waals surface area contributed by atoms with Crippen LogP contribution < -0.4 is 9.64 Å². The fourth-order valence-electron chi connectivity index (χ4n) is 4.75. The van der Waals surface area contributed by atoms with Crippen molar-refractivity contribution in [1.29, 1.82) is 0 Å². The minimum atomic E-state index is -1.09. The van der Waals surface area contributed by atoms with Gasteiger partial charge in [-0.25, -0.2) is 4.79 Å². The summed E-state index contributed by atoms with van der Waals surface area (Å²) in [6, 6.07) is 19.4. The maximum absolute atomic E-state index is 13.2. The Labute approximate surface area is 193 Å². The number of esters is 1. The third kappa shape index (κ3) is 3.08. The number of hydrogen-bond donors (Lipinski definition) is 0. The van der Waals surface area contributed by atoms with Crippen LogP contribution in [0.15, 0.2) is 60.7 Å². The first kappa shape index (κ1) is 20.9. The summed E-state index contributed by atoms with van der Waals surface area (Å²) in [6.45, 7) is 8.35. The third-order valence-electron chi connectivity index (χ3n) is 6.38. The SMILES string of the molecule is CCN(CCC(C)C)c1cc(Cl)c2c(c1)C1(OC2=O)c2ccccc2Oc2ccccc21. The molecule has 2 heterocycles. The first-order valence-electron chi connectivity index (χ1n) is 11.1. The fraction of sp³-hybridized carbons (Fsp3) is 0.296. The molecule has 2 aliphatic rings. The minimum absolute atomic E-state index is 0.409. The van der Waals surface area contributed by atoms with Crippen LogP contribution in [0.1, 0.15) is 54.2 Å². The van der Waals surface area contributed by atoms with E-state index in [1.54, 1.807) is 0 Å². The first-order valence-corrected chi connectivity index (χ1v) is 11.5. The van der Waals surface area contributed by atoms with E-state index in [1.807, 2.05) is 54.6 Å². The van der Waals surface area contributed by atoms with E-state index < -0.39 is 11.6 Å². The van der Waals surface area contributed by atoms with Gasteiger partial charge in [-0.05, 0) is 43.5 Å². The first-order chi connectivity index (χ1) is 15.5. The number of hydrogen-bond acceptors (Lipinski definition) is 4. The molecule has 0 bridgehead atoms. The highest BCUT2D eigenvalue weighted by molar-refractivity contribution is 6.34. The molecular weight excluding hydrogens is 422 g/mol. The Morgan fingerprint density at radius 3 is 2.19 bits per heavy atom. The van der Waals surface area contributed by atoms with Crippen molar-refractivity contribution < 1.29 is 14.3 Å². The van der Waals surface area contributed by atoms with E-state index in [0.29, 0.717) is 28.0 Å². The van der Waals surface area contributed by atoms with Crippen molar-refractivity contribution in [2.24, 2.45) is 5.92 Å². The van der Waals surface area contributed by atoms with Gasteiger partial charge in [0.2, 0.25) is 0 Å². The van der Waals surface area contributed by atoms with E-state index in [-0.39, 0.29) is 0 Å². The van der Waals surface area contributed by atoms with Crippen molar-refractivity contribution in [2.75, 3.05) is 18.0 Å². The topological polar surface area (TPSA) is 38.8 Å². The van der Waals surface area contributed by atoms with Crippen molar-refractivity contribution in [3.63, 3.8) is 0 Å². The van der Waals surface area contributed by atoms with Gasteiger partial charge in [0.05, 0.1) is 10.6 Å². The predicted octanol–water partition coefficient (Wildman–Crippen LogP) is 6.78. The van der Waals surface area contributed by atoms with Gasteiger partial charge in [0, 0.05) is 35.5 Å². The van der Waals surface area contributed by atoms with Crippen molar-refractivity contribution >= 4 is 23.3 Å². The quantitative estimate of drug-likeness (QED) is 0.404. The average molecular weight is 448 g/mol. The summed E-state index contributed by atoms with van der Waals surface area (Å²) in [7, 11) is 0. The lowest BCUT2D eigenvalue weighted by molar-refractivity contribution is 0.0224. The Balaban J connectivity index is 1.76. The molecule has 2 aliphatic heterocycles. The molecule has 0 N–H and O–H groups in total. The van der Waals surface area contributed by atoms with Crippen molar-refractivity contribution in [2.45, 2.75) is 32.8 Å². The van der Waals surface area contributed by atoms with Crippen LogP contribution in [-0.4, -0.2) is 19.1 Å². The van der Waals surface area contributed by atoms with Gasteiger partial charge in [-0.2, -0.15) is 0 Å². The summed E-state index contributed by atoms with van der Waals surface area (Å²) in [6.07, 6.45) is 1.07. The van der Waals surface area contributed by atoms with Crippen LogP contribution in [0.2, 0.25) is 5.02 Å². The smallest absolute Gasteiger partial charge is 0.341 e. The lowest BCUT2D eigenvalue weighted by Crippen LogP contribution is -2.33. The number of carbonyl (C=O) groups is 1. The summed E-state index contributed by atoms with van der Waals surface area (Å²) in [5, 5.41) is 0.420. The standard InChI is InChI=1S/C27H26ClNO3/c1-4-29(14-13-17(2)3)18-15-21-25(22(28)16-18)26(30)32-27(21)19-9-5-7-11-23(19)31-24-12-8-6-10-20(24)27/h5-12,15-17H,4,13-14H2,1-3H3. The van der Waals surface area contributed by atoms with E-state index >= 15 is 0 Å². The second-order valence-electron chi connectivity index (χ2n) is 8.78. The molecular formula is C27H26ClNO3. The van der Waals surface area contributed by atoms with Crippen LogP contribution in [0.5, 0.6) is 11.5 Å². The van der Waals surface area contributed by atoms with E-state index in [9.17, 15) is 4.79 Å². The summed E-state index contributed by atoms with van der Waals surface area (Å²) in [4.78, 5) is 15.5. The number of para-hydroxylation sites is 2. The summed E-state index contributed by atoms with van der Waals surface area (Å²) < 4.78 is 12.4. The zero-order valence-electron chi connectivity index (χ0n) is 18.5. The van der Waals surface area contributed by atoms with Crippen LogP contribution in [-0.2, 0) is 10.3 Å². The van der Waals surface area contributed by atoms with Crippen molar-refractivity contribution in [3.8, 4) is 11.5 Å². The third-order valence-corrected chi connectivity index (χ3v) is 6.68. The summed E-state index contributed by atoms with van der Waals surface area (Å²) in [5.41, 5.74) is 2.73. The molecule has 0 atom stereocenters. The van der Waals surface area contributed by atoms with Gasteiger partial charge in [0.25, 0.3) is 0 Å². The largest absolute Gasteiger partial charge is 0.456 e. The minimum Gasteiger partial charge on any atom is -0.456 e. The molecule has 5 rings (SSSR count). The van der Waals surface area contributed by atoms with Gasteiger partial charge in [0.15, 0.2) is 5.60 Å². The molecule has 0 amide bonds. The molecule has 0 aliphatic carbocycles. The van der Waals surface area contributed by atoms with Crippen LogP contribution in [0.4, 0.5) is 5.69 Å². The molecule has 4 nitrogen and oxygen atoms in total. The second kappa shape index (κ2) is 7.86. The highest BCUT2D eigenvalue weighted by Crippen LogP contribution is 2.57. The summed E-state index contributed by atoms with van der Waals surface area (Å²) in [5.74, 6) is 1.55. The Morgan fingerprint density at radius 2 is 1.59 bits per heavy atom. The molecule has 3 aromatic carbocycles. The van der Waals surface area contributed by atoms with Crippen molar-refractivity contribution in [3.05, 3.63) is 87.9 Å². The highest BCUT2D eigenvalue weighted by atomic mass is 35.5. The van der Waals surface area contributed by atoms with E-state index in [0.717, 1.165) is 41.9 Å². The number of fused-ring (bicyclic) bond motifs is 6. The lowest BCUT2D eigenvalue weighted by atomic mass is 9.77. The average Bonchev–Trinajstić information content (AvgIpc) is 3.07. The molecule has 0 radical (unpaired) electrons. The molecule has 0 unspecified atom stereocenters. The molecule has 0 fully saturated rings. The number of rotatable bonds is 5. The molecule has 0 aromatic heterocycles. The maximum Gasteiger partial charge on any atom is 0.341 e. The molecule has 1 spiro atoms. The highest BCUT2D eigenvalue weighted by Gasteiger charge is 2.54. The Hall–Kier alpha value is -2.98. The molecule has 164 valence electrons. The summed E-state index contributed by atoms with van der Waals surface area (Å²) >= 11 is 6.73. The molecule has 5 heteroatoms. The van der Waals surface area contributed by atoms with Gasteiger partial charge in [-0.1, -0.05) is 61.8 Å². The molecule has 0 saturated heterocycles. The Morgan fingerprint density at radius 1 is 0.969 bits per heavy atom. The van der Waals surface area contributed by atoms with Gasteiger partial charge in [-0.15, -0.1) is 0 Å². The fourth-order valence-corrected chi connectivity index (χ4v) is 5.04. The zero-order valence-corrected chi connectivity index (χ0v) is 19.3. The normalized spacial score (nSPS) is 15.1. The number of carbonyl (C=O) groups excluding carboxylic acids is 1. The van der Waals surface area contributed by atoms with Crippen LogP contribution >= 0.6 is 11.6 Å². The number of anilines is 1. The van der Waals surface area contributed by atoms with Crippen LogP contribution in [0.3, 0.4) is 0 Å². The van der Waals surface area contributed by atoms with Gasteiger partial charge in [-0.3, -0.25) is 0 Å². The molecule has 3 aromatic rings. The number of halogens is 1. The van der Waals surface area contributed by atoms with Gasteiger partial charge >= 0.3 is 5.97 Å². The van der Waals surface area contributed by atoms with Crippen molar-refractivity contribution in [1.82, 2.24) is 0 Å². The number of nitrogens with zero attached hydrogens (tertiary/aromatic N) is 1. The van der Waals surface area contributed by atoms with E-state index in [4.69, 9.17) is 21.1 Å². The monoisotopic (exact) mass is 447 g/mol. The number of ether oxygens (including phenoxy) is 2. The van der Waals surface area contributed by atoms with Crippen LogP contribution in [0, 0.1) is 5.92 Å².